The molecule has 1 aromatic carbocycles. The first-order valence-electron chi connectivity index (χ1n) is 12.8. The number of alkyl halides is 1. The number of anilines is 1. The van der Waals surface area contributed by atoms with Crippen molar-refractivity contribution in [2.75, 3.05) is 18.4 Å². The Morgan fingerprint density at radius 1 is 1.11 bits per heavy atom. The summed E-state index contributed by atoms with van der Waals surface area (Å²) in [7, 11) is 0. The Morgan fingerprint density at radius 2 is 1.76 bits per heavy atom. The SMILES string of the molecule is C[C@H](C1CCC(NC(=O)Nc2ccc(F)cc2F)CC1)[C@@H](C(=O)N1CC[C@H](F)C1)N(C(=O)O)C(C)(C)C. The summed E-state index contributed by atoms with van der Waals surface area (Å²) in [5.74, 6) is -2.30. The van der Waals surface area contributed by atoms with Crippen LogP contribution in [-0.4, -0.2) is 69.8 Å². The molecule has 1 heterocycles. The zero-order chi connectivity index (χ0) is 27.5. The van der Waals surface area contributed by atoms with Crippen LogP contribution in [0.2, 0.25) is 0 Å². The smallest absolute Gasteiger partial charge is 0.408 e. The molecule has 8 nitrogen and oxygen atoms in total. The maximum Gasteiger partial charge on any atom is 0.408 e. The van der Waals surface area contributed by atoms with E-state index in [0.717, 1.165) is 12.1 Å². The first-order chi connectivity index (χ1) is 17.3. The number of likely N-dealkylation sites (tertiary alicyclic amines) is 1. The summed E-state index contributed by atoms with van der Waals surface area (Å²) in [6.07, 6.45) is 0.407. The number of urea groups is 1. The lowest BCUT2D eigenvalue weighted by Crippen LogP contribution is -2.60. The molecule has 206 valence electrons. The maximum atomic E-state index is 13.9. The molecule has 4 amide bonds. The minimum absolute atomic E-state index is 0.0116. The number of carbonyl (C=O) groups is 3. The van der Waals surface area contributed by atoms with Gasteiger partial charge in [-0.25, -0.2) is 22.8 Å². The third-order valence-electron chi connectivity index (χ3n) is 7.43. The number of nitrogens with zero attached hydrogens (tertiary/aromatic N) is 2. The molecule has 3 atom stereocenters. The molecule has 1 saturated heterocycles. The summed E-state index contributed by atoms with van der Waals surface area (Å²) < 4.78 is 40.8. The molecule has 1 saturated carbocycles. The zero-order valence-electron chi connectivity index (χ0n) is 21.8. The van der Waals surface area contributed by atoms with Gasteiger partial charge in [0.1, 0.15) is 23.8 Å². The third-order valence-corrected chi connectivity index (χ3v) is 7.43. The molecule has 37 heavy (non-hydrogen) atoms. The second-order valence-corrected chi connectivity index (χ2v) is 11.1. The van der Waals surface area contributed by atoms with E-state index in [1.165, 1.54) is 9.80 Å². The molecule has 1 aliphatic heterocycles. The lowest BCUT2D eigenvalue weighted by atomic mass is 9.75. The first kappa shape index (κ1) is 28.6. The summed E-state index contributed by atoms with van der Waals surface area (Å²) >= 11 is 0. The van der Waals surface area contributed by atoms with Crippen molar-refractivity contribution in [3.63, 3.8) is 0 Å². The fourth-order valence-corrected chi connectivity index (χ4v) is 5.48. The largest absolute Gasteiger partial charge is 0.465 e. The third kappa shape index (κ3) is 7.07. The number of benzene rings is 1. The van der Waals surface area contributed by atoms with Crippen molar-refractivity contribution in [1.29, 1.82) is 0 Å². The molecule has 0 radical (unpaired) electrons. The molecular weight excluding hydrogens is 489 g/mol. The van der Waals surface area contributed by atoms with Gasteiger partial charge in [-0.3, -0.25) is 9.69 Å². The number of hydrogen-bond acceptors (Lipinski definition) is 3. The van der Waals surface area contributed by atoms with Crippen molar-refractivity contribution >= 4 is 23.7 Å². The second kappa shape index (κ2) is 11.6. The monoisotopic (exact) mass is 526 g/mol. The lowest BCUT2D eigenvalue weighted by Gasteiger charge is -2.45. The highest BCUT2D eigenvalue weighted by molar-refractivity contribution is 5.89. The van der Waals surface area contributed by atoms with Gasteiger partial charge in [0.05, 0.1) is 12.2 Å². The van der Waals surface area contributed by atoms with Gasteiger partial charge in [0.2, 0.25) is 5.91 Å². The fraction of sp³-hybridized carbons (Fsp3) is 0.654. The van der Waals surface area contributed by atoms with E-state index in [4.69, 9.17) is 0 Å². The summed E-state index contributed by atoms with van der Waals surface area (Å²) in [5, 5.41) is 15.2. The molecule has 3 N–H and O–H groups in total. The number of carboxylic acid groups (broad SMARTS) is 1. The molecular formula is C26H37F3N4O4. The number of nitrogens with one attached hydrogen (secondary N) is 2. The van der Waals surface area contributed by atoms with E-state index in [2.05, 4.69) is 10.6 Å². The molecule has 0 aromatic heterocycles. The number of hydrogen-bond donors (Lipinski definition) is 3. The van der Waals surface area contributed by atoms with Crippen LogP contribution in [0.25, 0.3) is 0 Å². The summed E-state index contributed by atoms with van der Waals surface area (Å²) in [5.41, 5.74) is -0.974. The van der Waals surface area contributed by atoms with Crippen LogP contribution in [0.1, 0.15) is 59.8 Å². The second-order valence-electron chi connectivity index (χ2n) is 11.1. The molecule has 2 aliphatic rings. The van der Waals surface area contributed by atoms with Crippen LogP contribution in [0, 0.1) is 23.5 Å². The summed E-state index contributed by atoms with van der Waals surface area (Å²) in [6.45, 7) is 7.31. The Hall–Kier alpha value is -2.98. The predicted molar refractivity (Wildman–Crippen MR) is 133 cm³/mol. The topological polar surface area (TPSA) is 102 Å². The first-order valence-corrected chi connectivity index (χ1v) is 12.8. The number of rotatable bonds is 6. The average molecular weight is 527 g/mol. The van der Waals surface area contributed by atoms with Crippen LogP contribution in [-0.2, 0) is 4.79 Å². The van der Waals surface area contributed by atoms with Gasteiger partial charge in [0, 0.05) is 24.2 Å². The van der Waals surface area contributed by atoms with Crippen LogP contribution >= 0.6 is 0 Å². The Balaban J connectivity index is 1.66. The Kier molecular flexibility index (Phi) is 8.96. The van der Waals surface area contributed by atoms with Gasteiger partial charge in [-0.1, -0.05) is 6.92 Å². The van der Waals surface area contributed by atoms with Crippen LogP contribution in [0.3, 0.4) is 0 Å². The molecule has 1 aliphatic carbocycles. The standard InChI is InChI=1S/C26H37F3N4O4/c1-15(22(33(25(36)37)26(2,3)4)23(34)32-12-11-18(28)14-32)16-5-8-19(9-6-16)30-24(35)31-21-10-7-17(27)13-20(21)29/h7,10,13,15-16,18-19,22H,5-6,8-9,11-12,14H2,1-4H3,(H,36,37)(H2,30,31,35)/t15-,16?,18+,19?,22+/m1/s1. The average Bonchev–Trinajstić information content (AvgIpc) is 3.24. The normalized spacial score (nSPS) is 23.8. The van der Waals surface area contributed by atoms with Crippen LogP contribution < -0.4 is 10.6 Å². The number of amides is 4. The van der Waals surface area contributed by atoms with Gasteiger partial charge >= 0.3 is 12.1 Å². The highest BCUT2D eigenvalue weighted by Crippen LogP contribution is 2.36. The van der Waals surface area contributed by atoms with Crippen molar-refractivity contribution in [3.05, 3.63) is 29.8 Å². The summed E-state index contributed by atoms with van der Waals surface area (Å²) in [4.78, 5) is 40.8. The van der Waals surface area contributed by atoms with E-state index in [9.17, 15) is 32.7 Å². The van der Waals surface area contributed by atoms with E-state index in [0.29, 0.717) is 31.7 Å². The van der Waals surface area contributed by atoms with Crippen molar-refractivity contribution in [1.82, 2.24) is 15.1 Å². The Bertz CT molecular complexity index is 995. The quantitative estimate of drug-likeness (QED) is 0.486. The van der Waals surface area contributed by atoms with E-state index in [1.807, 2.05) is 6.92 Å². The van der Waals surface area contributed by atoms with E-state index < -0.39 is 41.5 Å². The number of halogens is 3. The van der Waals surface area contributed by atoms with Gasteiger partial charge in [-0.15, -0.1) is 0 Å². The van der Waals surface area contributed by atoms with Crippen molar-refractivity contribution in [3.8, 4) is 0 Å². The van der Waals surface area contributed by atoms with Crippen LogP contribution in [0.5, 0.6) is 0 Å². The van der Waals surface area contributed by atoms with Gasteiger partial charge in [0.15, 0.2) is 0 Å². The summed E-state index contributed by atoms with van der Waals surface area (Å²) in [6, 6.07) is 1.14. The van der Waals surface area contributed by atoms with Gasteiger partial charge in [-0.05, 0) is 76.8 Å². The van der Waals surface area contributed by atoms with Crippen molar-refractivity contribution in [2.24, 2.45) is 11.8 Å². The van der Waals surface area contributed by atoms with E-state index >= 15 is 0 Å². The molecule has 0 bridgehead atoms. The highest BCUT2D eigenvalue weighted by atomic mass is 19.1. The van der Waals surface area contributed by atoms with Crippen molar-refractivity contribution < 1.29 is 32.7 Å². The van der Waals surface area contributed by atoms with E-state index in [1.54, 1.807) is 20.8 Å². The van der Waals surface area contributed by atoms with Gasteiger partial charge < -0.3 is 20.6 Å². The van der Waals surface area contributed by atoms with E-state index in [-0.39, 0.29) is 49.0 Å². The molecule has 11 heteroatoms. The molecule has 0 unspecified atom stereocenters. The highest BCUT2D eigenvalue weighted by Gasteiger charge is 2.46. The Labute approximate surface area is 215 Å². The fourth-order valence-electron chi connectivity index (χ4n) is 5.48. The van der Waals surface area contributed by atoms with Gasteiger partial charge in [0.25, 0.3) is 0 Å². The molecule has 0 spiro atoms. The molecule has 1 aromatic rings. The minimum Gasteiger partial charge on any atom is -0.465 e. The zero-order valence-corrected chi connectivity index (χ0v) is 21.8. The van der Waals surface area contributed by atoms with Crippen molar-refractivity contribution in [2.45, 2.75) is 83.6 Å². The lowest BCUT2D eigenvalue weighted by molar-refractivity contribution is -0.140. The maximum absolute atomic E-state index is 13.9. The number of carbonyl (C=O) groups excluding carboxylic acids is 2. The predicted octanol–water partition coefficient (Wildman–Crippen LogP) is 5.00. The molecule has 3 rings (SSSR count). The minimum atomic E-state index is -1.20. The van der Waals surface area contributed by atoms with Crippen LogP contribution in [0.15, 0.2) is 18.2 Å². The Morgan fingerprint density at radius 3 is 2.27 bits per heavy atom. The molecule has 2 fully saturated rings. The van der Waals surface area contributed by atoms with Gasteiger partial charge in [-0.2, -0.15) is 0 Å². The van der Waals surface area contributed by atoms with Crippen LogP contribution in [0.4, 0.5) is 28.4 Å².